The molecule has 0 saturated carbocycles. The third-order valence-electron chi connectivity index (χ3n) is 2.82. The maximum absolute atomic E-state index is 13.7. The van der Waals surface area contributed by atoms with Crippen LogP contribution in [0.25, 0.3) is 6.08 Å². The molecule has 2 nitrogen and oxygen atoms in total. The van der Waals surface area contributed by atoms with E-state index in [2.05, 4.69) is 9.98 Å². The topological polar surface area (TPSA) is 25.2 Å². The number of hydrogen-bond acceptors (Lipinski definition) is 2. The monoisotopic (exact) mass is 326 g/mol. The molecule has 120 valence electrons. The van der Waals surface area contributed by atoms with Crippen LogP contribution in [0, 0.1) is 0 Å². The second-order valence-electron chi connectivity index (χ2n) is 4.56. The average Bonchev–Trinajstić information content (AvgIpc) is 2.52. The number of nitrogens with zero attached hydrogens (tertiary/aromatic N) is 2. The summed E-state index contributed by atoms with van der Waals surface area (Å²) in [5.41, 5.74) is -0.890. The van der Waals surface area contributed by atoms with E-state index >= 15 is 0 Å². The van der Waals surface area contributed by atoms with Crippen LogP contribution in [0.5, 0.6) is 0 Å². The minimum Gasteiger partial charge on any atom is -0.264 e. The van der Waals surface area contributed by atoms with Crippen molar-refractivity contribution in [1.82, 2.24) is 4.98 Å². The molecule has 0 unspecified atom stereocenters. The van der Waals surface area contributed by atoms with Gasteiger partial charge in [-0.3, -0.25) is 9.98 Å². The highest BCUT2D eigenvalue weighted by Gasteiger charge is 2.60. The van der Waals surface area contributed by atoms with Gasteiger partial charge in [0.2, 0.25) is 0 Å². The Kier molecular flexibility index (Phi) is 4.88. The first-order chi connectivity index (χ1) is 10.8. The molecule has 7 heteroatoms. The summed E-state index contributed by atoms with van der Waals surface area (Å²) < 4.78 is 65.2. The summed E-state index contributed by atoms with van der Waals surface area (Å²) in [6.07, 6.45) is -1.36. The zero-order valence-corrected chi connectivity index (χ0v) is 11.6. The molecular weight excluding hydrogens is 315 g/mol. The van der Waals surface area contributed by atoms with Gasteiger partial charge in [0.05, 0.1) is 0 Å². The quantitative estimate of drug-likeness (QED) is 0.588. The molecule has 0 N–H and O–H groups in total. The first kappa shape index (κ1) is 16.8. The Labute approximate surface area is 129 Å². The molecule has 0 aliphatic rings. The molecule has 2 aromatic rings. The van der Waals surface area contributed by atoms with Crippen LogP contribution in [-0.2, 0) is 0 Å². The van der Waals surface area contributed by atoms with Gasteiger partial charge >= 0.3 is 12.1 Å². The smallest absolute Gasteiger partial charge is 0.264 e. The van der Waals surface area contributed by atoms with Gasteiger partial charge in [-0.1, -0.05) is 36.4 Å². The highest BCUT2D eigenvalue weighted by atomic mass is 19.4. The minimum absolute atomic E-state index is 0.190. The van der Waals surface area contributed by atoms with Crippen molar-refractivity contribution >= 4 is 12.3 Å². The van der Waals surface area contributed by atoms with E-state index in [4.69, 9.17) is 0 Å². The van der Waals surface area contributed by atoms with Crippen LogP contribution in [0.2, 0.25) is 0 Å². The zero-order valence-electron chi connectivity index (χ0n) is 11.6. The first-order valence-electron chi connectivity index (χ1n) is 6.46. The number of aromatic nitrogens is 1. The lowest BCUT2D eigenvalue weighted by Crippen LogP contribution is -2.37. The van der Waals surface area contributed by atoms with Gasteiger partial charge in [0.25, 0.3) is 0 Å². The number of aliphatic imine (C=N–C) groups is 1. The fourth-order valence-electron chi connectivity index (χ4n) is 1.66. The van der Waals surface area contributed by atoms with Crippen molar-refractivity contribution in [2.45, 2.75) is 12.1 Å². The molecular formula is C16H11F5N2. The molecule has 1 aromatic carbocycles. The van der Waals surface area contributed by atoms with Crippen LogP contribution in [0.1, 0.15) is 11.1 Å². The van der Waals surface area contributed by atoms with Crippen LogP contribution >= 0.6 is 0 Å². The molecule has 0 aliphatic heterocycles. The van der Waals surface area contributed by atoms with Crippen molar-refractivity contribution in [3.8, 4) is 0 Å². The summed E-state index contributed by atoms with van der Waals surface area (Å²) >= 11 is 0. The summed E-state index contributed by atoms with van der Waals surface area (Å²) in [5.74, 6) is -5.07. The number of rotatable bonds is 4. The Morgan fingerprint density at radius 1 is 0.913 bits per heavy atom. The molecule has 0 bridgehead atoms. The summed E-state index contributed by atoms with van der Waals surface area (Å²) in [5, 5.41) is 0. The van der Waals surface area contributed by atoms with Gasteiger partial charge in [-0.2, -0.15) is 22.0 Å². The van der Waals surface area contributed by atoms with Crippen LogP contribution < -0.4 is 0 Å². The fourth-order valence-corrected chi connectivity index (χ4v) is 1.66. The number of pyridine rings is 1. The molecule has 23 heavy (non-hydrogen) atoms. The minimum atomic E-state index is -5.74. The van der Waals surface area contributed by atoms with Crippen molar-refractivity contribution in [3.05, 3.63) is 71.7 Å². The molecule has 0 radical (unpaired) electrons. The molecule has 0 aliphatic carbocycles. The number of allylic oxidation sites excluding steroid dienone is 1. The third kappa shape index (κ3) is 4.21. The Morgan fingerprint density at radius 2 is 1.57 bits per heavy atom. The normalized spacial score (nSPS) is 13.5. The van der Waals surface area contributed by atoms with Crippen molar-refractivity contribution in [2.24, 2.45) is 4.99 Å². The molecule has 1 aromatic heterocycles. The molecule has 1 heterocycles. The summed E-state index contributed by atoms with van der Waals surface area (Å²) in [6.45, 7) is 0. The average molecular weight is 326 g/mol. The van der Waals surface area contributed by atoms with Gasteiger partial charge in [-0.15, -0.1) is 0 Å². The Balaban J connectivity index is 2.44. The van der Waals surface area contributed by atoms with Crippen molar-refractivity contribution in [1.29, 1.82) is 0 Å². The Bertz CT molecular complexity index is 691. The second kappa shape index (κ2) is 6.68. The molecule has 0 atom stereocenters. The maximum Gasteiger partial charge on any atom is 0.459 e. The van der Waals surface area contributed by atoms with E-state index in [-0.39, 0.29) is 5.56 Å². The molecule has 0 spiro atoms. The molecule has 2 rings (SSSR count). The van der Waals surface area contributed by atoms with Crippen LogP contribution in [0.4, 0.5) is 22.0 Å². The Hall–Kier alpha value is -2.57. The highest BCUT2D eigenvalue weighted by Crippen LogP contribution is 2.42. The van der Waals surface area contributed by atoms with Gasteiger partial charge in [-0.25, -0.2) is 0 Å². The van der Waals surface area contributed by atoms with Crippen LogP contribution in [-0.4, -0.2) is 23.3 Å². The first-order valence-corrected chi connectivity index (χ1v) is 6.46. The van der Waals surface area contributed by atoms with E-state index < -0.39 is 17.8 Å². The van der Waals surface area contributed by atoms with Gasteiger partial charge in [-0.05, 0) is 17.7 Å². The van der Waals surface area contributed by atoms with Crippen molar-refractivity contribution in [3.63, 3.8) is 0 Å². The zero-order chi connectivity index (χ0) is 16.9. The van der Waals surface area contributed by atoms with Crippen molar-refractivity contribution < 1.29 is 22.0 Å². The van der Waals surface area contributed by atoms with E-state index in [9.17, 15) is 22.0 Å². The van der Waals surface area contributed by atoms with Gasteiger partial charge < -0.3 is 0 Å². The SMILES string of the molecule is FC(F)(F)C(F)(F)/C(=C/c1ccccc1)N=Cc1cccnc1. The van der Waals surface area contributed by atoms with E-state index in [1.165, 1.54) is 48.8 Å². The largest absolute Gasteiger partial charge is 0.459 e. The Morgan fingerprint density at radius 3 is 2.13 bits per heavy atom. The van der Waals surface area contributed by atoms with E-state index in [0.717, 1.165) is 6.21 Å². The number of alkyl halides is 5. The number of halogens is 5. The predicted octanol–water partition coefficient (Wildman–Crippen LogP) is 4.74. The van der Waals surface area contributed by atoms with Gasteiger partial charge in [0, 0.05) is 24.2 Å². The third-order valence-corrected chi connectivity index (χ3v) is 2.82. The maximum atomic E-state index is 13.7. The second-order valence-corrected chi connectivity index (χ2v) is 4.56. The fraction of sp³-hybridized carbons (Fsp3) is 0.125. The lowest BCUT2D eigenvalue weighted by molar-refractivity contribution is -0.264. The van der Waals surface area contributed by atoms with Crippen molar-refractivity contribution in [2.75, 3.05) is 0 Å². The number of benzene rings is 1. The van der Waals surface area contributed by atoms with E-state index in [1.54, 1.807) is 6.07 Å². The van der Waals surface area contributed by atoms with Crippen LogP contribution in [0.15, 0.2) is 65.5 Å². The van der Waals surface area contributed by atoms with Gasteiger partial charge in [0.1, 0.15) is 5.70 Å². The summed E-state index contributed by atoms with van der Waals surface area (Å²) in [7, 11) is 0. The highest BCUT2D eigenvalue weighted by molar-refractivity contribution is 5.80. The van der Waals surface area contributed by atoms with Crippen LogP contribution in [0.3, 0.4) is 0 Å². The standard InChI is InChI=1S/C16H11F5N2/c17-15(18,16(19,20)21)14(9-12-5-2-1-3-6-12)23-11-13-7-4-8-22-10-13/h1-11H/b14-9-,23-11?. The molecule has 0 amide bonds. The van der Waals surface area contributed by atoms with E-state index in [1.807, 2.05) is 0 Å². The molecule has 0 saturated heterocycles. The van der Waals surface area contributed by atoms with Gasteiger partial charge in [0.15, 0.2) is 0 Å². The lowest BCUT2D eigenvalue weighted by atomic mass is 10.1. The lowest BCUT2D eigenvalue weighted by Gasteiger charge is -2.20. The number of hydrogen-bond donors (Lipinski definition) is 0. The summed E-state index contributed by atoms with van der Waals surface area (Å²) in [6, 6.07) is 10.5. The predicted molar refractivity (Wildman–Crippen MR) is 77.3 cm³/mol. The van der Waals surface area contributed by atoms with E-state index in [0.29, 0.717) is 11.6 Å². The molecule has 0 fully saturated rings. The summed E-state index contributed by atoms with van der Waals surface area (Å²) in [4.78, 5) is 7.09.